The molecule has 5 nitrogen and oxygen atoms in total. The van der Waals surface area contributed by atoms with Crippen molar-refractivity contribution in [1.82, 2.24) is 15.2 Å². The van der Waals surface area contributed by atoms with E-state index in [-0.39, 0.29) is 11.9 Å². The highest BCUT2D eigenvalue weighted by Crippen LogP contribution is 2.23. The molecule has 0 aliphatic carbocycles. The molecule has 1 saturated heterocycles. The minimum Gasteiger partial charge on any atom is -0.439 e. The lowest BCUT2D eigenvalue weighted by molar-refractivity contribution is 0.0925. The van der Waals surface area contributed by atoms with Gasteiger partial charge in [0, 0.05) is 29.3 Å². The van der Waals surface area contributed by atoms with Crippen LogP contribution in [0.2, 0.25) is 0 Å². The largest absolute Gasteiger partial charge is 0.439 e. The first-order valence-corrected chi connectivity index (χ1v) is 9.82. The van der Waals surface area contributed by atoms with Gasteiger partial charge in [0.2, 0.25) is 5.88 Å². The lowest BCUT2D eigenvalue weighted by Gasteiger charge is -2.29. The van der Waals surface area contributed by atoms with Crippen molar-refractivity contribution >= 4 is 21.8 Å². The molecule has 1 aromatic heterocycles. The third-order valence-electron chi connectivity index (χ3n) is 4.38. The molecule has 1 fully saturated rings. The smallest absolute Gasteiger partial charge is 0.253 e. The number of halogens is 1. The van der Waals surface area contributed by atoms with Gasteiger partial charge in [0.1, 0.15) is 5.75 Å². The summed E-state index contributed by atoms with van der Waals surface area (Å²) in [4.78, 5) is 19.1. The van der Waals surface area contributed by atoms with E-state index < -0.39 is 0 Å². The van der Waals surface area contributed by atoms with Gasteiger partial charge in [0.05, 0.1) is 5.56 Å². The van der Waals surface area contributed by atoms with Crippen LogP contribution in [0.15, 0.2) is 47.1 Å². The Morgan fingerprint density at radius 1 is 1.27 bits per heavy atom. The predicted molar refractivity (Wildman–Crippen MR) is 106 cm³/mol. The number of piperidine rings is 1. The van der Waals surface area contributed by atoms with Gasteiger partial charge >= 0.3 is 0 Å². The number of nitrogens with zero attached hydrogens (tertiary/aromatic N) is 2. The first kappa shape index (κ1) is 18.9. The van der Waals surface area contributed by atoms with Crippen LogP contribution in [-0.4, -0.2) is 41.5 Å². The number of nitrogens with one attached hydrogen (secondary N) is 1. The van der Waals surface area contributed by atoms with E-state index in [2.05, 4.69) is 31.1 Å². The summed E-state index contributed by atoms with van der Waals surface area (Å²) in [5, 5.41) is 3.05. The monoisotopic (exact) mass is 417 g/mol. The third-order valence-corrected chi connectivity index (χ3v) is 4.87. The molecule has 1 N–H and O–H groups in total. The van der Waals surface area contributed by atoms with Gasteiger partial charge < -0.3 is 15.0 Å². The van der Waals surface area contributed by atoms with Crippen LogP contribution in [0.1, 0.15) is 36.5 Å². The second-order valence-corrected chi connectivity index (χ2v) is 7.60. The molecule has 1 amide bonds. The van der Waals surface area contributed by atoms with E-state index in [9.17, 15) is 4.79 Å². The quantitative estimate of drug-likeness (QED) is 0.763. The number of carbonyl (C=O) groups excluding carboxylic acids is 1. The molecule has 0 bridgehead atoms. The number of aromatic nitrogens is 1. The zero-order chi connectivity index (χ0) is 18.4. The van der Waals surface area contributed by atoms with Crippen LogP contribution < -0.4 is 10.1 Å². The van der Waals surface area contributed by atoms with E-state index in [0.717, 1.165) is 24.1 Å². The number of rotatable bonds is 6. The van der Waals surface area contributed by atoms with Crippen molar-refractivity contribution < 1.29 is 9.53 Å². The molecule has 1 unspecified atom stereocenters. The summed E-state index contributed by atoms with van der Waals surface area (Å²) in [5.41, 5.74) is 0.539. The maximum Gasteiger partial charge on any atom is 0.253 e. The number of amides is 1. The fraction of sp³-hybridized carbons (Fsp3) is 0.400. The summed E-state index contributed by atoms with van der Waals surface area (Å²) in [6.45, 7) is 5.20. The second kappa shape index (κ2) is 9.14. The number of benzene rings is 1. The SMILES string of the molecule is CC(CN1CCCCC1)NC(=O)c1ccc(Oc2cccc(Br)c2)nc1. The third kappa shape index (κ3) is 5.54. The fourth-order valence-corrected chi connectivity index (χ4v) is 3.49. The number of pyridine rings is 1. The molecule has 138 valence electrons. The molecule has 1 aliphatic heterocycles. The van der Waals surface area contributed by atoms with Gasteiger partial charge in [-0.05, 0) is 57.1 Å². The molecule has 0 radical (unpaired) electrons. The highest BCUT2D eigenvalue weighted by atomic mass is 79.9. The predicted octanol–water partition coefficient (Wildman–Crippen LogP) is 4.24. The van der Waals surface area contributed by atoms with Crippen LogP contribution in [0, 0.1) is 0 Å². The van der Waals surface area contributed by atoms with Crippen LogP contribution in [0.4, 0.5) is 0 Å². The Hall–Kier alpha value is -1.92. The molecule has 0 spiro atoms. The topological polar surface area (TPSA) is 54.5 Å². The van der Waals surface area contributed by atoms with Gasteiger partial charge in [-0.3, -0.25) is 4.79 Å². The molecule has 3 rings (SSSR count). The van der Waals surface area contributed by atoms with Gasteiger partial charge in [0.25, 0.3) is 5.91 Å². The van der Waals surface area contributed by atoms with Gasteiger partial charge in [-0.1, -0.05) is 28.4 Å². The maximum absolute atomic E-state index is 12.4. The van der Waals surface area contributed by atoms with Crippen molar-refractivity contribution in [3.63, 3.8) is 0 Å². The van der Waals surface area contributed by atoms with Gasteiger partial charge in [0.15, 0.2) is 0 Å². The molecule has 1 aliphatic rings. The van der Waals surface area contributed by atoms with Crippen molar-refractivity contribution in [2.45, 2.75) is 32.2 Å². The van der Waals surface area contributed by atoms with E-state index in [0.29, 0.717) is 17.2 Å². The lowest BCUT2D eigenvalue weighted by atomic mass is 10.1. The number of hydrogen-bond donors (Lipinski definition) is 1. The van der Waals surface area contributed by atoms with E-state index in [4.69, 9.17) is 4.74 Å². The average molecular weight is 418 g/mol. The summed E-state index contributed by atoms with van der Waals surface area (Å²) in [6, 6.07) is 11.1. The Morgan fingerprint density at radius 3 is 2.77 bits per heavy atom. The molecular weight excluding hydrogens is 394 g/mol. The Bertz CT molecular complexity index is 730. The highest BCUT2D eigenvalue weighted by molar-refractivity contribution is 9.10. The Kier molecular flexibility index (Phi) is 6.63. The van der Waals surface area contributed by atoms with Crippen molar-refractivity contribution in [3.8, 4) is 11.6 Å². The van der Waals surface area contributed by atoms with Gasteiger partial charge in [-0.2, -0.15) is 0 Å². The van der Waals surface area contributed by atoms with E-state index in [1.54, 1.807) is 18.3 Å². The normalized spacial score (nSPS) is 16.1. The second-order valence-electron chi connectivity index (χ2n) is 6.68. The molecule has 0 saturated carbocycles. The average Bonchev–Trinajstić information content (AvgIpc) is 2.63. The van der Waals surface area contributed by atoms with E-state index >= 15 is 0 Å². The number of hydrogen-bond acceptors (Lipinski definition) is 4. The van der Waals surface area contributed by atoms with Crippen molar-refractivity contribution in [2.24, 2.45) is 0 Å². The fourth-order valence-electron chi connectivity index (χ4n) is 3.11. The molecule has 1 aromatic carbocycles. The summed E-state index contributed by atoms with van der Waals surface area (Å²) < 4.78 is 6.63. The molecule has 1 atom stereocenters. The minimum atomic E-state index is -0.101. The molecule has 6 heteroatoms. The van der Waals surface area contributed by atoms with E-state index in [1.807, 2.05) is 31.2 Å². The maximum atomic E-state index is 12.4. The zero-order valence-corrected chi connectivity index (χ0v) is 16.5. The van der Waals surface area contributed by atoms with Crippen molar-refractivity contribution in [1.29, 1.82) is 0 Å². The van der Waals surface area contributed by atoms with Gasteiger partial charge in [-0.25, -0.2) is 4.98 Å². The number of likely N-dealkylation sites (tertiary alicyclic amines) is 1. The summed E-state index contributed by atoms with van der Waals surface area (Å²) in [5.74, 6) is 1.05. The lowest BCUT2D eigenvalue weighted by Crippen LogP contribution is -2.43. The number of carbonyl (C=O) groups is 1. The Balaban J connectivity index is 1.53. The highest BCUT2D eigenvalue weighted by Gasteiger charge is 2.16. The molecule has 2 aromatic rings. The molecular formula is C20H24BrN3O2. The zero-order valence-electron chi connectivity index (χ0n) is 15.0. The number of ether oxygens (including phenoxy) is 1. The Morgan fingerprint density at radius 2 is 2.08 bits per heavy atom. The van der Waals surface area contributed by atoms with Crippen LogP contribution in [0.25, 0.3) is 0 Å². The van der Waals surface area contributed by atoms with Crippen molar-refractivity contribution in [2.75, 3.05) is 19.6 Å². The van der Waals surface area contributed by atoms with Crippen LogP contribution in [0.5, 0.6) is 11.6 Å². The summed E-state index contributed by atoms with van der Waals surface area (Å²) >= 11 is 3.41. The molecule has 2 heterocycles. The summed E-state index contributed by atoms with van der Waals surface area (Å²) in [6.07, 6.45) is 5.38. The van der Waals surface area contributed by atoms with Crippen LogP contribution in [-0.2, 0) is 0 Å². The van der Waals surface area contributed by atoms with Crippen molar-refractivity contribution in [3.05, 3.63) is 52.6 Å². The first-order chi connectivity index (χ1) is 12.6. The standard InChI is InChI=1S/C20H24BrN3O2/c1-15(14-24-10-3-2-4-11-24)23-20(25)16-8-9-19(22-13-16)26-18-7-5-6-17(21)12-18/h5-9,12-13,15H,2-4,10-11,14H2,1H3,(H,23,25). The molecule has 26 heavy (non-hydrogen) atoms. The van der Waals surface area contributed by atoms with E-state index in [1.165, 1.54) is 19.3 Å². The Labute approximate surface area is 162 Å². The van der Waals surface area contributed by atoms with Crippen LogP contribution >= 0.6 is 15.9 Å². The summed E-state index contributed by atoms with van der Waals surface area (Å²) in [7, 11) is 0. The minimum absolute atomic E-state index is 0.101. The van der Waals surface area contributed by atoms with Gasteiger partial charge in [-0.15, -0.1) is 0 Å². The first-order valence-electron chi connectivity index (χ1n) is 9.03. The van der Waals surface area contributed by atoms with Crippen LogP contribution in [0.3, 0.4) is 0 Å².